The van der Waals surface area contributed by atoms with Crippen molar-refractivity contribution in [2.45, 2.75) is 51.3 Å². The monoisotopic (exact) mass is 221 g/mol. The van der Waals surface area contributed by atoms with Gasteiger partial charge in [-0.05, 0) is 34.9 Å². The molecule has 0 unspecified atom stereocenters. The Morgan fingerprint density at radius 3 is 1.80 bits per heavy atom. The van der Waals surface area contributed by atoms with Crippen LogP contribution in [-0.4, -0.2) is 0 Å². The zero-order valence-corrected chi connectivity index (χ0v) is 11.2. The van der Waals surface area contributed by atoms with Crippen LogP contribution >= 0.6 is 12.6 Å². The van der Waals surface area contributed by atoms with E-state index in [0.717, 1.165) is 4.90 Å². The minimum Gasteiger partial charge on any atom is -0.0801 e. The largest absolute Gasteiger partial charge is 0.0801 e. The van der Waals surface area contributed by atoms with E-state index in [0.29, 0.717) is 5.41 Å². The van der Waals surface area contributed by atoms with E-state index < -0.39 is 0 Å². The number of rotatable bonds is 2. The van der Waals surface area contributed by atoms with Crippen LogP contribution in [0.2, 0.25) is 0 Å². The number of benzene rings is 1. The summed E-state index contributed by atoms with van der Waals surface area (Å²) in [5, 5.41) is 0. The normalized spacial score (nSPS) is 12.9. The van der Waals surface area contributed by atoms with E-state index in [9.17, 15) is 0 Å². The molecule has 0 aliphatic rings. The van der Waals surface area contributed by atoms with E-state index in [1.807, 2.05) is 12.1 Å². The van der Waals surface area contributed by atoms with Crippen LogP contribution in [0.4, 0.5) is 0 Å². The molecule has 0 aromatic heterocycles. The second kappa shape index (κ2) is 4.13. The minimum absolute atomic E-state index is 0.223. The van der Waals surface area contributed by atoms with Crippen molar-refractivity contribution in [1.82, 2.24) is 0 Å². The van der Waals surface area contributed by atoms with Crippen LogP contribution in [0.1, 0.15) is 46.6 Å². The Balaban J connectivity index is 2.90. The molecular weight excluding hydrogens is 200 g/mol. The van der Waals surface area contributed by atoms with Gasteiger partial charge < -0.3 is 0 Å². The Kier molecular flexibility index (Phi) is 3.44. The van der Waals surface area contributed by atoms with Crippen molar-refractivity contribution in [2.75, 3.05) is 0 Å². The molecule has 0 saturated heterocycles. The van der Waals surface area contributed by atoms with E-state index in [2.05, 4.69) is 46.8 Å². The minimum atomic E-state index is 0.223. The van der Waals surface area contributed by atoms with Gasteiger partial charge in [0.2, 0.25) is 0 Å². The molecule has 0 N–H and O–H groups in total. The van der Waals surface area contributed by atoms with Gasteiger partial charge in [-0.2, -0.15) is 0 Å². The fourth-order valence-electron chi connectivity index (χ4n) is 2.33. The van der Waals surface area contributed by atoms with Crippen molar-refractivity contribution in [3.63, 3.8) is 0 Å². The number of hydrogen-bond donors (Lipinski definition) is 0. The van der Waals surface area contributed by atoms with Gasteiger partial charge in [0.15, 0.2) is 0 Å². The second-order valence-corrected chi connectivity index (χ2v) is 6.62. The third-order valence-electron chi connectivity index (χ3n) is 2.61. The molecule has 0 nitrogen and oxygen atoms in total. The van der Waals surface area contributed by atoms with Gasteiger partial charge in [-0.15, -0.1) is 0 Å². The lowest BCUT2D eigenvalue weighted by Crippen LogP contribution is -2.24. The molecule has 1 aromatic rings. The summed E-state index contributed by atoms with van der Waals surface area (Å²) in [6, 6.07) is 8.37. The third-order valence-corrected chi connectivity index (χ3v) is 2.88. The van der Waals surface area contributed by atoms with E-state index >= 15 is 0 Å². The molecule has 83 valence electrons. The molecule has 1 heteroatoms. The molecule has 15 heavy (non-hydrogen) atoms. The molecule has 0 amide bonds. The quantitative estimate of drug-likeness (QED) is 0.662. The van der Waals surface area contributed by atoms with Gasteiger partial charge in [0.25, 0.3) is 0 Å². The van der Waals surface area contributed by atoms with Crippen molar-refractivity contribution in [2.24, 2.45) is 5.41 Å². The highest BCUT2D eigenvalue weighted by molar-refractivity contribution is 7.80. The average Bonchev–Trinajstić information content (AvgIpc) is 2.00. The topological polar surface area (TPSA) is 0 Å². The Morgan fingerprint density at radius 1 is 0.933 bits per heavy atom. The van der Waals surface area contributed by atoms with Crippen molar-refractivity contribution in [3.8, 4) is 0 Å². The maximum atomic E-state index is 5.10. The van der Waals surface area contributed by atoms with E-state index in [1.165, 1.54) is 12.0 Å². The summed E-state index contributed by atoms with van der Waals surface area (Å²) in [6.45, 7) is 11.5. The molecule has 1 radical (unpaired) electrons. The Labute approximate surface area is 99.5 Å². The molecule has 0 spiro atoms. The Morgan fingerprint density at radius 2 is 1.40 bits per heavy atom. The highest BCUT2D eigenvalue weighted by atomic mass is 32.1. The first-order chi connectivity index (χ1) is 6.71. The zero-order valence-electron chi connectivity index (χ0n) is 10.4. The molecule has 0 aliphatic carbocycles. The van der Waals surface area contributed by atoms with Crippen LogP contribution < -0.4 is 0 Å². The fourth-order valence-corrected chi connectivity index (χ4v) is 2.47. The lowest BCUT2D eigenvalue weighted by molar-refractivity contribution is 0.284. The summed E-state index contributed by atoms with van der Waals surface area (Å²) in [4.78, 5) is 0.922. The highest BCUT2D eigenvalue weighted by Gasteiger charge is 2.26. The van der Waals surface area contributed by atoms with Crippen LogP contribution in [0.5, 0.6) is 0 Å². The lowest BCUT2D eigenvalue weighted by Gasteiger charge is -2.33. The molecule has 0 saturated carbocycles. The van der Waals surface area contributed by atoms with Crippen molar-refractivity contribution >= 4 is 12.6 Å². The summed E-state index contributed by atoms with van der Waals surface area (Å²) in [5.41, 5.74) is 1.96. The molecule has 0 fully saturated rings. The van der Waals surface area contributed by atoms with Crippen LogP contribution in [0.3, 0.4) is 0 Å². The van der Waals surface area contributed by atoms with Gasteiger partial charge in [-0.3, -0.25) is 0 Å². The van der Waals surface area contributed by atoms with E-state index in [-0.39, 0.29) is 5.41 Å². The maximum Gasteiger partial charge on any atom is 0.0377 e. The van der Waals surface area contributed by atoms with Crippen LogP contribution in [0, 0.1) is 5.41 Å². The molecule has 0 aliphatic heterocycles. The highest BCUT2D eigenvalue weighted by Crippen LogP contribution is 2.36. The molecular formula is C14H21S. The van der Waals surface area contributed by atoms with Gasteiger partial charge in [-0.1, -0.05) is 59.4 Å². The summed E-state index contributed by atoms with van der Waals surface area (Å²) in [5.74, 6) is 0. The van der Waals surface area contributed by atoms with Gasteiger partial charge in [0.05, 0.1) is 0 Å². The third kappa shape index (κ3) is 3.83. The molecule has 0 bridgehead atoms. The van der Waals surface area contributed by atoms with Crippen molar-refractivity contribution < 1.29 is 0 Å². The van der Waals surface area contributed by atoms with Gasteiger partial charge >= 0.3 is 0 Å². The van der Waals surface area contributed by atoms with Crippen molar-refractivity contribution in [3.05, 3.63) is 29.8 Å². The van der Waals surface area contributed by atoms with E-state index in [4.69, 9.17) is 12.6 Å². The van der Waals surface area contributed by atoms with E-state index in [1.54, 1.807) is 0 Å². The summed E-state index contributed by atoms with van der Waals surface area (Å²) in [6.07, 6.45) is 1.18. The molecule has 0 heterocycles. The number of hydrogen-bond acceptors (Lipinski definition) is 0. The lowest BCUT2D eigenvalue weighted by atomic mass is 9.72. The summed E-state index contributed by atoms with van der Waals surface area (Å²) < 4.78 is 0. The van der Waals surface area contributed by atoms with Crippen LogP contribution in [-0.2, 0) is 5.41 Å². The molecule has 0 atom stereocenters. The summed E-state index contributed by atoms with van der Waals surface area (Å²) >= 11 is 5.10. The summed E-state index contributed by atoms with van der Waals surface area (Å²) in [7, 11) is 0. The first-order valence-corrected chi connectivity index (χ1v) is 5.89. The Hall–Kier alpha value is -0.560. The zero-order chi connectivity index (χ0) is 11.7. The van der Waals surface area contributed by atoms with Crippen LogP contribution in [0.15, 0.2) is 29.2 Å². The van der Waals surface area contributed by atoms with Gasteiger partial charge in [0.1, 0.15) is 0 Å². The average molecular weight is 221 g/mol. The fraction of sp³-hybridized carbons (Fsp3) is 0.571. The van der Waals surface area contributed by atoms with Crippen molar-refractivity contribution in [1.29, 1.82) is 0 Å². The standard InChI is InChI=1S/C14H21S/c1-13(2,3)10-14(4,5)11-6-8-12(15)9-7-11/h6-9H,10H2,1-5H3. The predicted molar refractivity (Wildman–Crippen MR) is 69.4 cm³/mol. The molecule has 1 aromatic carbocycles. The second-order valence-electron chi connectivity index (χ2n) is 6.15. The smallest absolute Gasteiger partial charge is 0.0377 e. The maximum absolute atomic E-state index is 5.10. The first kappa shape index (κ1) is 12.5. The Bertz CT molecular complexity index is 314. The molecule has 1 rings (SSSR count). The first-order valence-electron chi connectivity index (χ1n) is 5.48. The van der Waals surface area contributed by atoms with Gasteiger partial charge in [-0.25, -0.2) is 0 Å². The predicted octanol–water partition coefficient (Wildman–Crippen LogP) is 4.96. The van der Waals surface area contributed by atoms with Gasteiger partial charge in [0, 0.05) is 4.90 Å². The van der Waals surface area contributed by atoms with Crippen LogP contribution in [0.25, 0.3) is 0 Å². The SMILES string of the molecule is CC(C)(C)CC(C)(C)c1ccc([S])cc1.